The molecule has 0 aliphatic rings. The van der Waals surface area contributed by atoms with Crippen molar-refractivity contribution in [1.82, 2.24) is 23.9 Å². The van der Waals surface area contributed by atoms with E-state index in [1.54, 1.807) is 6.07 Å². The van der Waals surface area contributed by atoms with Crippen molar-refractivity contribution < 1.29 is 21.6 Å². The van der Waals surface area contributed by atoms with E-state index in [0.29, 0.717) is 9.77 Å². The molecule has 8 nitrogen and oxygen atoms in total. The van der Waals surface area contributed by atoms with Gasteiger partial charge in [0, 0.05) is 23.0 Å². The molecule has 0 saturated carbocycles. The Labute approximate surface area is 182 Å². The maximum atomic E-state index is 13.0. The highest BCUT2D eigenvalue weighted by atomic mass is 127. The van der Waals surface area contributed by atoms with E-state index in [4.69, 9.17) is 5.73 Å². The quantitative estimate of drug-likeness (QED) is 0.393. The van der Waals surface area contributed by atoms with Gasteiger partial charge in [-0.1, -0.05) is 6.92 Å². The summed E-state index contributed by atoms with van der Waals surface area (Å²) in [5.41, 5.74) is 5.79. The lowest BCUT2D eigenvalue weighted by atomic mass is 10.2. The van der Waals surface area contributed by atoms with Crippen LogP contribution >= 0.6 is 22.6 Å². The second-order valence-electron chi connectivity index (χ2n) is 6.50. The Morgan fingerprint density at radius 3 is 2.57 bits per heavy atom. The van der Waals surface area contributed by atoms with Crippen molar-refractivity contribution in [3.05, 3.63) is 33.7 Å². The molecule has 0 amide bonds. The Morgan fingerprint density at radius 2 is 1.93 bits per heavy atom. The van der Waals surface area contributed by atoms with Crippen molar-refractivity contribution in [2.24, 2.45) is 7.05 Å². The first-order valence-corrected chi connectivity index (χ1v) is 11.3. The fraction of sp³-hybridized carbons (Fsp3) is 0.235. The van der Waals surface area contributed by atoms with Gasteiger partial charge in [-0.15, -0.1) is 0 Å². The number of aromatic nitrogens is 5. The molecular formula is C17H14F3IN6O2S. The minimum Gasteiger partial charge on any atom is -0.395 e. The van der Waals surface area contributed by atoms with E-state index in [-0.39, 0.29) is 44.8 Å². The minimum atomic E-state index is -4.58. The number of rotatable bonds is 3. The molecule has 0 saturated heterocycles. The zero-order chi connectivity index (χ0) is 22.0. The molecule has 4 aromatic heterocycles. The Bertz CT molecular complexity index is 1430. The van der Waals surface area contributed by atoms with Crippen LogP contribution in [0.25, 0.3) is 28.3 Å². The van der Waals surface area contributed by atoms with Gasteiger partial charge in [-0.2, -0.15) is 13.2 Å². The van der Waals surface area contributed by atoms with Gasteiger partial charge in [-0.3, -0.25) is 4.40 Å². The average molecular weight is 550 g/mol. The maximum absolute atomic E-state index is 13.0. The molecular weight excluding hydrogens is 536 g/mol. The molecule has 0 aliphatic heterocycles. The largest absolute Gasteiger partial charge is 0.417 e. The number of nitrogens with zero attached hydrogens (tertiary/aromatic N) is 5. The van der Waals surface area contributed by atoms with Crippen molar-refractivity contribution in [3.8, 4) is 11.5 Å². The van der Waals surface area contributed by atoms with Crippen molar-refractivity contribution in [2.45, 2.75) is 18.1 Å². The highest BCUT2D eigenvalue weighted by molar-refractivity contribution is 14.1. The van der Waals surface area contributed by atoms with E-state index in [0.717, 1.165) is 6.07 Å². The molecule has 0 bridgehead atoms. The van der Waals surface area contributed by atoms with Gasteiger partial charge in [0.25, 0.3) is 0 Å². The Morgan fingerprint density at radius 1 is 1.23 bits per heavy atom. The highest BCUT2D eigenvalue weighted by Crippen LogP contribution is 2.34. The second-order valence-corrected chi connectivity index (χ2v) is 9.85. The molecule has 0 unspecified atom stereocenters. The van der Waals surface area contributed by atoms with Gasteiger partial charge in [0.2, 0.25) is 0 Å². The number of halogens is 4. The molecule has 30 heavy (non-hydrogen) atoms. The van der Waals surface area contributed by atoms with Crippen LogP contribution in [0.3, 0.4) is 0 Å². The van der Waals surface area contributed by atoms with Gasteiger partial charge in [-0.25, -0.2) is 23.4 Å². The lowest BCUT2D eigenvalue weighted by Gasteiger charge is -2.06. The number of hydrogen-bond acceptors (Lipinski definition) is 6. The second kappa shape index (κ2) is 6.80. The van der Waals surface area contributed by atoms with Crippen molar-refractivity contribution in [3.63, 3.8) is 0 Å². The number of anilines is 1. The van der Waals surface area contributed by atoms with E-state index in [1.807, 2.05) is 22.6 Å². The zero-order valence-corrected chi connectivity index (χ0v) is 18.5. The van der Waals surface area contributed by atoms with Crippen LogP contribution in [0.4, 0.5) is 18.9 Å². The summed E-state index contributed by atoms with van der Waals surface area (Å²) in [4.78, 5) is 12.5. The van der Waals surface area contributed by atoms with E-state index < -0.39 is 21.6 Å². The van der Waals surface area contributed by atoms with Gasteiger partial charge in [0.1, 0.15) is 11.2 Å². The van der Waals surface area contributed by atoms with Crippen LogP contribution in [0.5, 0.6) is 0 Å². The molecule has 4 heterocycles. The van der Waals surface area contributed by atoms with E-state index in [1.165, 1.54) is 29.1 Å². The number of nitrogen functional groups attached to an aromatic ring is 1. The van der Waals surface area contributed by atoms with Gasteiger partial charge in [0.15, 0.2) is 32.0 Å². The summed E-state index contributed by atoms with van der Waals surface area (Å²) in [7, 11) is -2.25. The van der Waals surface area contributed by atoms with Crippen LogP contribution in [0.2, 0.25) is 0 Å². The molecule has 4 aromatic rings. The number of alkyl halides is 3. The molecule has 13 heteroatoms. The number of hydrogen-bond donors (Lipinski definition) is 1. The summed E-state index contributed by atoms with van der Waals surface area (Å²) < 4.78 is 68.3. The van der Waals surface area contributed by atoms with Crippen LogP contribution in [-0.2, 0) is 23.1 Å². The third-order valence-electron chi connectivity index (χ3n) is 4.66. The SMILES string of the molecule is CCS(=O)(=O)c1c(-c2nc3cc(C(F)(F)F)cnc3n2C)nc2c(N)c(I)ccn12. The van der Waals surface area contributed by atoms with Crippen molar-refractivity contribution in [2.75, 3.05) is 11.5 Å². The molecule has 0 aromatic carbocycles. The Hall–Kier alpha value is -2.42. The van der Waals surface area contributed by atoms with Gasteiger partial charge in [0.05, 0.1) is 17.0 Å². The molecule has 0 aliphatic carbocycles. The molecule has 2 N–H and O–H groups in total. The Kier molecular flexibility index (Phi) is 4.72. The smallest absolute Gasteiger partial charge is 0.395 e. The lowest BCUT2D eigenvalue weighted by Crippen LogP contribution is -2.10. The first-order valence-electron chi connectivity index (χ1n) is 8.54. The minimum absolute atomic E-state index is 0.000362. The molecule has 158 valence electrons. The standard InChI is InChI=1S/C17H14F3IN6O2S/c1-3-30(28,29)16-12(25-14-11(22)9(21)4-5-27(14)16)15-24-10-6-8(17(18,19)20)7-23-13(10)26(15)2/h4-7H,3,22H2,1-2H3. The summed E-state index contributed by atoms with van der Waals surface area (Å²) in [5, 5.41) is -0.127. The molecule has 0 atom stereocenters. The van der Waals surface area contributed by atoms with Crippen molar-refractivity contribution >= 4 is 54.9 Å². The first kappa shape index (κ1) is 20.8. The molecule has 0 fully saturated rings. The van der Waals surface area contributed by atoms with Gasteiger partial charge in [-0.05, 0) is 34.7 Å². The van der Waals surface area contributed by atoms with E-state index >= 15 is 0 Å². The highest BCUT2D eigenvalue weighted by Gasteiger charge is 2.33. The summed E-state index contributed by atoms with van der Waals surface area (Å²) in [6, 6.07) is 2.52. The predicted octanol–water partition coefficient (Wildman–Crippen LogP) is 3.28. The van der Waals surface area contributed by atoms with Crippen LogP contribution < -0.4 is 5.73 Å². The molecule has 0 spiro atoms. The number of fused-ring (bicyclic) bond motifs is 2. The zero-order valence-electron chi connectivity index (χ0n) is 15.6. The number of pyridine rings is 2. The predicted molar refractivity (Wildman–Crippen MR) is 113 cm³/mol. The number of nitrogens with two attached hydrogens (primary N) is 1. The number of aryl methyl sites for hydroxylation is 1. The summed E-state index contributed by atoms with van der Waals surface area (Å²) in [6.45, 7) is 1.49. The lowest BCUT2D eigenvalue weighted by molar-refractivity contribution is -0.137. The third-order valence-corrected chi connectivity index (χ3v) is 7.34. The van der Waals surface area contributed by atoms with Crippen molar-refractivity contribution in [1.29, 1.82) is 0 Å². The number of imidazole rings is 2. The van der Waals surface area contributed by atoms with Gasteiger partial charge >= 0.3 is 6.18 Å². The summed E-state index contributed by atoms with van der Waals surface area (Å²) >= 11 is 2.00. The molecule has 0 radical (unpaired) electrons. The fourth-order valence-electron chi connectivity index (χ4n) is 3.11. The van der Waals surface area contributed by atoms with Crippen LogP contribution in [0.1, 0.15) is 12.5 Å². The molecule has 4 rings (SSSR count). The fourth-order valence-corrected chi connectivity index (χ4v) is 4.66. The van der Waals surface area contributed by atoms with Crippen LogP contribution in [0, 0.1) is 3.57 Å². The van der Waals surface area contributed by atoms with Crippen LogP contribution in [-0.4, -0.2) is 38.1 Å². The van der Waals surface area contributed by atoms with Gasteiger partial charge < -0.3 is 10.3 Å². The van der Waals surface area contributed by atoms with E-state index in [9.17, 15) is 21.6 Å². The first-order chi connectivity index (χ1) is 14.0. The summed E-state index contributed by atoms with van der Waals surface area (Å²) in [5.74, 6) is -0.137. The summed E-state index contributed by atoms with van der Waals surface area (Å²) in [6.07, 6.45) is -2.33. The van der Waals surface area contributed by atoms with Crippen LogP contribution in [0.15, 0.2) is 29.6 Å². The van der Waals surface area contributed by atoms with E-state index in [2.05, 4.69) is 15.0 Å². The topological polar surface area (TPSA) is 108 Å². The maximum Gasteiger partial charge on any atom is 0.417 e. The monoisotopic (exact) mass is 550 g/mol. The normalized spacial score (nSPS) is 12.9. The third kappa shape index (κ3) is 3.10. The number of sulfone groups is 1. The Balaban J connectivity index is 2.09. The average Bonchev–Trinajstić information content (AvgIpc) is 3.22.